The Labute approximate surface area is 192 Å². The molecule has 0 aromatic carbocycles. The van der Waals surface area contributed by atoms with Crippen LogP contribution in [0.15, 0.2) is 0 Å². The van der Waals surface area contributed by atoms with E-state index in [4.69, 9.17) is 11.5 Å². The number of amides is 4. The van der Waals surface area contributed by atoms with Crippen LogP contribution >= 0.6 is 12.6 Å². The Balaban J connectivity index is 2.77. The molecule has 12 nitrogen and oxygen atoms in total. The van der Waals surface area contributed by atoms with Crippen LogP contribution in [0.3, 0.4) is 0 Å². The van der Waals surface area contributed by atoms with Crippen LogP contribution in [0.4, 0.5) is 0 Å². The molecule has 182 valence electrons. The molecule has 1 aliphatic rings. The van der Waals surface area contributed by atoms with Gasteiger partial charge in [-0.05, 0) is 51.6 Å². The number of rotatable bonds is 15. The van der Waals surface area contributed by atoms with Crippen molar-refractivity contribution in [1.82, 2.24) is 21.3 Å². The first-order valence-electron chi connectivity index (χ1n) is 10.7. The van der Waals surface area contributed by atoms with Crippen LogP contribution < -0.4 is 32.7 Å². The van der Waals surface area contributed by atoms with E-state index < -0.39 is 41.8 Å². The lowest BCUT2D eigenvalue weighted by atomic mass is 10.1. The fourth-order valence-corrected chi connectivity index (χ4v) is 3.48. The van der Waals surface area contributed by atoms with Crippen molar-refractivity contribution in [2.24, 2.45) is 11.5 Å². The summed E-state index contributed by atoms with van der Waals surface area (Å²) >= 11 is 4.07. The van der Waals surface area contributed by atoms with Crippen LogP contribution in [0.25, 0.3) is 0 Å². The van der Waals surface area contributed by atoms with Gasteiger partial charge in [0.1, 0.15) is 18.1 Å². The number of carbonyl (C=O) groups is 5. The monoisotopic (exact) mass is 474 g/mol. The van der Waals surface area contributed by atoms with E-state index in [2.05, 4.69) is 33.9 Å². The molecule has 13 heteroatoms. The number of nitrogens with one attached hydrogen (secondary N) is 4. The number of primary amides is 1. The molecule has 9 N–H and O–H groups in total. The van der Waals surface area contributed by atoms with Gasteiger partial charge in [-0.1, -0.05) is 0 Å². The van der Waals surface area contributed by atoms with Gasteiger partial charge in [-0.2, -0.15) is 12.6 Å². The van der Waals surface area contributed by atoms with Crippen LogP contribution in [-0.2, 0) is 24.0 Å². The lowest BCUT2D eigenvalue weighted by Gasteiger charge is -2.24. The quantitative estimate of drug-likeness (QED) is 0.0946. The number of hydrogen-bond acceptors (Lipinski definition) is 8. The highest BCUT2D eigenvalue weighted by atomic mass is 32.1. The van der Waals surface area contributed by atoms with Gasteiger partial charge in [0.2, 0.25) is 23.6 Å². The first-order valence-corrected chi connectivity index (χ1v) is 11.3. The number of carbonyl (C=O) groups excluding carboxylic acids is 4. The van der Waals surface area contributed by atoms with Crippen LogP contribution in [0.2, 0.25) is 0 Å². The molecule has 4 atom stereocenters. The average molecular weight is 475 g/mol. The van der Waals surface area contributed by atoms with E-state index in [1.54, 1.807) is 0 Å². The maximum absolute atomic E-state index is 12.8. The summed E-state index contributed by atoms with van der Waals surface area (Å²) in [5.41, 5.74) is 10.5. The Morgan fingerprint density at radius 1 is 1.00 bits per heavy atom. The van der Waals surface area contributed by atoms with Gasteiger partial charge in [0.05, 0.1) is 6.04 Å². The van der Waals surface area contributed by atoms with Gasteiger partial charge < -0.3 is 37.8 Å². The summed E-state index contributed by atoms with van der Waals surface area (Å²) in [6.07, 6.45) is 2.72. The Kier molecular flexibility index (Phi) is 12.7. The molecule has 4 amide bonds. The molecule has 0 aromatic heterocycles. The second kappa shape index (κ2) is 14.6. The van der Waals surface area contributed by atoms with Gasteiger partial charge in [0, 0.05) is 12.2 Å². The van der Waals surface area contributed by atoms with Gasteiger partial charge in [-0.3, -0.25) is 19.2 Å². The normalized spacial score (nSPS) is 18.2. The number of carboxylic acids is 1. The molecule has 1 fully saturated rings. The summed E-state index contributed by atoms with van der Waals surface area (Å²) in [5, 5.41) is 19.8. The standard InChI is InChI=1S/C19H34N6O6S/c20-8-2-1-4-12(23-16(27)11-5-3-9-22-11)17(28)25-14(10-32)18(29)24-13(19(30)31)6-7-15(21)26/h11-14,22,32H,1-10,20H2,(H2,21,26)(H,23,27)(H,24,29)(H,25,28)(H,30,31). The van der Waals surface area contributed by atoms with E-state index in [0.717, 1.165) is 13.0 Å². The zero-order valence-corrected chi connectivity index (χ0v) is 18.9. The van der Waals surface area contributed by atoms with Gasteiger partial charge in [-0.25, -0.2) is 4.79 Å². The van der Waals surface area contributed by atoms with E-state index in [0.29, 0.717) is 32.2 Å². The number of thiol groups is 1. The van der Waals surface area contributed by atoms with Crippen molar-refractivity contribution in [1.29, 1.82) is 0 Å². The summed E-state index contributed by atoms with van der Waals surface area (Å²) in [6, 6.07) is -3.73. The third-order valence-electron chi connectivity index (χ3n) is 5.07. The molecule has 0 spiro atoms. The molecule has 32 heavy (non-hydrogen) atoms. The van der Waals surface area contributed by atoms with E-state index in [9.17, 15) is 29.1 Å². The van der Waals surface area contributed by atoms with Crippen molar-refractivity contribution in [3.63, 3.8) is 0 Å². The second-order valence-electron chi connectivity index (χ2n) is 7.64. The predicted molar refractivity (Wildman–Crippen MR) is 120 cm³/mol. The summed E-state index contributed by atoms with van der Waals surface area (Å²) in [6.45, 7) is 1.17. The van der Waals surface area contributed by atoms with Gasteiger partial charge in [-0.15, -0.1) is 0 Å². The summed E-state index contributed by atoms with van der Waals surface area (Å²) in [4.78, 5) is 60.1. The van der Waals surface area contributed by atoms with Crippen LogP contribution in [0, 0.1) is 0 Å². The highest BCUT2D eigenvalue weighted by Gasteiger charge is 2.30. The Morgan fingerprint density at radius 2 is 1.66 bits per heavy atom. The maximum atomic E-state index is 12.8. The van der Waals surface area contributed by atoms with Crippen molar-refractivity contribution in [2.75, 3.05) is 18.8 Å². The average Bonchev–Trinajstić information content (AvgIpc) is 3.28. The van der Waals surface area contributed by atoms with Gasteiger partial charge >= 0.3 is 5.97 Å². The van der Waals surface area contributed by atoms with Crippen molar-refractivity contribution >= 4 is 42.2 Å². The Hall–Kier alpha value is -2.38. The molecule has 0 aromatic rings. The molecule has 0 radical (unpaired) electrons. The molecule has 0 bridgehead atoms. The summed E-state index contributed by atoms with van der Waals surface area (Å²) in [7, 11) is 0. The molecule has 4 unspecified atom stereocenters. The third kappa shape index (κ3) is 9.83. The molecular weight excluding hydrogens is 440 g/mol. The Bertz CT molecular complexity index is 673. The number of unbranched alkanes of at least 4 members (excludes halogenated alkanes) is 1. The minimum absolute atomic E-state index is 0.104. The molecule has 1 heterocycles. The summed E-state index contributed by atoms with van der Waals surface area (Å²) < 4.78 is 0. The van der Waals surface area contributed by atoms with Crippen molar-refractivity contribution in [3.05, 3.63) is 0 Å². The minimum atomic E-state index is -1.34. The number of aliphatic carboxylic acids is 1. The number of hydrogen-bond donors (Lipinski definition) is 8. The van der Waals surface area contributed by atoms with Crippen molar-refractivity contribution < 1.29 is 29.1 Å². The van der Waals surface area contributed by atoms with E-state index in [1.807, 2.05) is 0 Å². The minimum Gasteiger partial charge on any atom is -0.480 e. The van der Waals surface area contributed by atoms with E-state index in [-0.39, 0.29) is 30.5 Å². The lowest BCUT2D eigenvalue weighted by molar-refractivity contribution is -0.142. The first-order chi connectivity index (χ1) is 15.2. The van der Waals surface area contributed by atoms with Crippen molar-refractivity contribution in [3.8, 4) is 0 Å². The SMILES string of the molecule is NCCCCC(NC(=O)C1CCCN1)C(=O)NC(CS)C(=O)NC(CCC(N)=O)C(=O)O. The summed E-state index contributed by atoms with van der Waals surface area (Å²) in [5.74, 6) is -3.77. The smallest absolute Gasteiger partial charge is 0.326 e. The highest BCUT2D eigenvalue weighted by molar-refractivity contribution is 7.80. The molecule has 0 aliphatic carbocycles. The first kappa shape index (κ1) is 27.7. The molecular formula is C19H34N6O6S. The number of nitrogens with two attached hydrogens (primary N) is 2. The number of carboxylic acid groups (broad SMARTS) is 1. The Morgan fingerprint density at radius 3 is 2.19 bits per heavy atom. The van der Waals surface area contributed by atoms with Gasteiger partial charge in [0.25, 0.3) is 0 Å². The largest absolute Gasteiger partial charge is 0.480 e. The topological polar surface area (TPSA) is 206 Å². The van der Waals surface area contributed by atoms with Crippen LogP contribution in [0.5, 0.6) is 0 Å². The fraction of sp³-hybridized carbons (Fsp3) is 0.737. The van der Waals surface area contributed by atoms with E-state index in [1.165, 1.54) is 0 Å². The van der Waals surface area contributed by atoms with E-state index >= 15 is 0 Å². The van der Waals surface area contributed by atoms with Gasteiger partial charge in [0.15, 0.2) is 0 Å². The fourth-order valence-electron chi connectivity index (χ4n) is 3.22. The van der Waals surface area contributed by atoms with Crippen LogP contribution in [0.1, 0.15) is 44.9 Å². The predicted octanol–water partition coefficient (Wildman–Crippen LogP) is -2.40. The van der Waals surface area contributed by atoms with Crippen LogP contribution in [-0.4, -0.2) is 77.7 Å². The zero-order chi connectivity index (χ0) is 24.1. The van der Waals surface area contributed by atoms with Crippen molar-refractivity contribution in [2.45, 2.75) is 69.1 Å². The second-order valence-corrected chi connectivity index (χ2v) is 8.01. The zero-order valence-electron chi connectivity index (χ0n) is 18.0. The maximum Gasteiger partial charge on any atom is 0.326 e. The molecule has 1 aliphatic heterocycles. The third-order valence-corrected chi connectivity index (χ3v) is 5.43. The molecule has 1 rings (SSSR count). The molecule has 1 saturated heterocycles. The lowest BCUT2D eigenvalue weighted by Crippen LogP contribution is -2.57. The highest BCUT2D eigenvalue weighted by Crippen LogP contribution is 2.08. The molecule has 0 saturated carbocycles.